The van der Waals surface area contributed by atoms with Crippen molar-refractivity contribution in [2.75, 3.05) is 13.2 Å². The summed E-state index contributed by atoms with van der Waals surface area (Å²) in [5.41, 5.74) is 3.68. The highest BCUT2D eigenvalue weighted by Crippen LogP contribution is 2.30. The average Bonchev–Trinajstić information content (AvgIpc) is 2.51. The minimum absolute atomic E-state index is 0.758. The molecule has 0 amide bonds. The number of hydrogen-bond donors (Lipinski definition) is 1. The Balaban J connectivity index is 2.26. The van der Waals surface area contributed by atoms with Gasteiger partial charge in [-0.05, 0) is 36.2 Å². The van der Waals surface area contributed by atoms with Crippen LogP contribution < -0.4 is 10.1 Å². The normalized spacial score (nSPS) is 10.5. The molecular formula is C18H23NO. The number of nitrogens with one attached hydrogen (secondary N) is 1. The van der Waals surface area contributed by atoms with Crippen molar-refractivity contribution in [2.24, 2.45) is 0 Å². The Labute approximate surface area is 121 Å². The molecule has 0 saturated carbocycles. The number of benzene rings is 2. The minimum Gasteiger partial charge on any atom is -0.493 e. The quantitative estimate of drug-likeness (QED) is 0.811. The van der Waals surface area contributed by atoms with Crippen molar-refractivity contribution in [1.29, 1.82) is 0 Å². The lowest BCUT2D eigenvalue weighted by molar-refractivity contribution is 0.318. The molecule has 0 atom stereocenters. The molecule has 0 aliphatic rings. The second-order valence-corrected chi connectivity index (χ2v) is 4.83. The molecule has 20 heavy (non-hydrogen) atoms. The Morgan fingerprint density at radius 3 is 2.65 bits per heavy atom. The van der Waals surface area contributed by atoms with Crippen LogP contribution in [-0.4, -0.2) is 13.2 Å². The molecule has 0 aliphatic carbocycles. The standard InChI is InChI=1S/C18H23NO/c1-3-12-20-18-11-6-5-10-17(18)16-9-7-8-15(13-16)14-19-4-2/h5-11,13,19H,3-4,12,14H2,1-2H3. The lowest BCUT2D eigenvalue weighted by Crippen LogP contribution is -2.11. The second-order valence-electron chi connectivity index (χ2n) is 4.83. The van der Waals surface area contributed by atoms with E-state index in [1.807, 2.05) is 12.1 Å². The van der Waals surface area contributed by atoms with Gasteiger partial charge in [-0.25, -0.2) is 0 Å². The molecule has 0 aromatic heterocycles. The van der Waals surface area contributed by atoms with Gasteiger partial charge in [0, 0.05) is 12.1 Å². The van der Waals surface area contributed by atoms with E-state index in [9.17, 15) is 0 Å². The SMILES string of the molecule is CCCOc1ccccc1-c1cccc(CNCC)c1. The molecule has 2 aromatic carbocycles. The summed E-state index contributed by atoms with van der Waals surface area (Å²) in [6, 6.07) is 16.9. The Kier molecular flexibility index (Phi) is 5.63. The molecule has 2 nitrogen and oxygen atoms in total. The third-order valence-electron chi connectivity index (χ3n) is 3.17. The largest absolute Gasteiger partial charge is 0.493 e. The van der Waals surface area contributed by atoms with E-state index >= 15 is 0 Å². The maximum Gasteiger partial charge on any atom is 0.127 e. The van der Waals surface area contributed by atoms with Gasteiger partial charge in [0.05, 0.1) is 6.61 Å². The van der Waals surface area contributed by atoms with E-state index in [4.69, 9.17) is 4.74 Å². The third-order valence-corrected chi connectivity index (χ3v) is 3.17. The summed E-state index contributed by atoms with van der Waals surface area (Å²) in [7, 11) is 0. The summed E-state index contributed by atoms with van der Waals surface area (Å²) in [5, 5.41) is 3.36. The van der Waals surface area contributed by atoms with E-state index in [-0.39, 0.29) is 0 Å². The lowest BCUT2D eigenvalue weighted by Gasteiger charge is -2.12. The first kappa shape index (κ1) is 14.6. The van der Waals surface area contributed by atoms with Crippen LogP contribution in [-0.2, 0) is 6.54 Å². The number of para-hydroxylation sites is 1. The lowest BCUT2D eigenvalue weighted by atomic mass is 10.0. The van der Waals surface area contributed by atoms with Crippen LogP contribution in [0.3, 0.4) is 0 Å². The molecule has 0 heterocycles. The predicted molar refractivity (Wildman–Crippen MR) is 85.0 cm³/mol. The van der Waals surface area contributed by atoms with E-state index in [1.54, 1.807) is 0 Å². The predicted octanol–water partition coefficient (Wildman–Crippen LogP) is 4.25. The van der Waals surface area contributed by atoms with Gasteiger partial charge in [-0.15, -0.1) is 0 Å². The van der Waals surface area contributed by atoms with Crippen molar-refractivity contribution >= 4 is 0 Å². The van der Waals surface area contributed by atoms with Crippen LogP contribution in [0.15, 0.2) is 48.5 Å². The molecule has 2 aromatic rings. The van der Waals surface area contributed by atoms with Gasteiger partial charge in [-0.1, -0.05) is 50.2 Å². The number of rotatable bonds is 7. The fraction of sp³-hybridized carbons (Fsp3) is 0.333. The van der Waals surface area contributed by atoms with Crippen molar-refractivity contribution < 1.29 is 4.74 Å². The second kappa shape index (κ2) is 7.71. The van der Waals surface area contributed by atoms with Crippen molar-refractivity contribution in [3.05, 3.63) is 54.1 Å². The molecule has 1 N–H and O–H groups in total. The first-order chi connectivity index (χ1) is 9.85. The average molecular weight is 269 g/mol. The topological polar surface area (TPSA) is 21.3 Å². The maximum absolute atomic E-state index is 5.85. The number of ether oxygens (including phenoxy) is 1. The summed E-state index contributed by atoms with van der Waals surface area (Å²) in [5.74, 6) is 0.968. The van der Waals surface area contributed by atoms with Gasteiger partial charge >= 0.3 is 0 Å². The minimum atomic E-state index is 0.758. The van der Waals surface area contributed by atoms with Crippen LogP contribution in [0.2, 0.25) is 0 Å². The van der Waals surface area contributed by atoms with Gasteiger partial charge in [0.25, 0.3) is 0 Å². The van der Waals surface area contributed by atoms with E-state index < -0.39 is 0 Å². The fourth-order valence-electron chi connectivity index (χ4n) is 2.16. The Hall–Kier alpha value is -1.80. The maximum atomic E-state index is 5.85. The van der Waals surface area contributed by atoms with Crippen molar-refractivity contribution in [2.45, 2.75) is 26.8 Å². The third kappa shape index (κ3) is 3.84. The number of hydrogen-bond acceptors (Lipinski definition) is 2. The van der Waals surface area contributed by atoms with Gasteiger partial charge < -0.3 is 10.1 Å². The summed E-state index contributed by atoms with van der Waals surface area (Å²) in [6.45, 7) is 6.90. The molecule has 0 unspecified atom stereocenters. The highest BCUT2D eigenvalue weighted by atomic mass is 16.5. The summed E-state index contributed by atoms with van der Waals surface area (Å²) in [6.07, 6.45) is 1.02. The van der Waals surface area contributed by atoms with Crippen molar-refractivity contribution in [1.82, 2.24) is 5.32 Å². The molecular weight excluding hydrogens is 246 g/mol. The van der Waals surface area contributed by atoms with E-state index in [1.165, 1.54) is 16.7 Å². The molecule has 0 aliphatic heterocycles. The molecule has 0 spiro atoms. The first-order valence-electron chi connectivity index (χ1n) is 7.37. The summed E-state index contributed by atoms with van der Waals surface area (Å²) < 4.78 is 5.85. The fourth-order valence-corrected chi connectivity index (χ4v) is 2.16. The zero-order valence-electron chi connectivity index (χ0n) is 12.4. The van der Waals surface area contributed by atoms with Crippen molar-refractivity contribution in [3.8, 4) is 16.9 Å². The van der Waals surface area contributed by atoms with Crippen LogP contribution in [0.1, 0.15) is 25.8 Å². The molecule has 0 fully saturated rings. The Morgan fingerprint density at radius 2 is 1.85 bits per heavy atom. The Morgan fingerprint density at radius 1 is 1.00 bits per heavy atom. The van der Waals surface area contributed by atoms with Gasteiger partial charge in [0.2, 0.25) is 0 Å². The van der Waals surface area contributed by atoms with Gasteiger partial charge in [0.15, 0.2) is 0 Å². The van der Waals surface area contributed by atoms with Gasteiger partial charge in [0.1, 0.15) is 5.75 Å². The molecule has 0 bridgehead atoms. The molecule has 2 heteroatoms. The van der Waals surface area contributed by atoms with Gasteiger partial charge in [-0.2, -0.15) is 0 Å². The molecule has 0 saturated heterocycles. The first-order valence-corrected chi connectivity index (χ1v) is 7.37. The van der Waals surface area contributed by atoms with Crippen LogP contribution >= 0.6 is 0 Å². The molecule has 106 valence electrons. The zero-order chi connectivity index (χ0) is 14.2. The van der Waals surface area contributed by atoms with E-state index in [2.05, 4.69) is 55.6 Å². The highest BCUT2D eigenvalue weighted by molar-refractivity contribution is 5.70. The van der Waals surface area contributed by atoms with E-state index in [0.717, 1.165) is 31.9 Å². The summed E-state index contributed by atoms with van der Waals surface area (Å²) >= 11 is 0. The smallest absolute Gasteiger partial charge is 0.127 e. The van der Waals surface area contributed by atoms with Gasteiger partial charge in [-0.3, -0.25) is 0 Å². The van der Waals surface area contributed by atoms with Crippen LogP contribution in [0.5, 0.6) is 5.75 Å². The van der Waals surface area contributed by atoms with Crippen LogP contribution in [0, 0.1) is 0 Å². The van der Waals surface area contributed by atoms with E-state index in [0.29, 0.717) is 0 Å². The molecule has 2 rings (SSSR count). The Bertz CT molecular complexity index is 536. The monoisotopic (exact) mass is 269 g/mol. The van der Waals surface area contributed by atoms with Crippen LogP contribution in [0.4, 0.5) is 0 Å². The summed E-state index contributed by atoms with van der Waals surface area (Å²) in [4.78, 5) is 0. The van der Waals surface area contributed by atoms with Crippen LogP contribution in [0.25, 0.3) is 11.1 Å². The molecule has 0 radical (unpaired) electrons. The van der Waals surface area contributed by atoms with Crippen molar-refractivity contribution in [3.63, 3.8) is 0 Å². The highest BCUT2D eigenvalue weighted by Gasteiger charge is 2.06. The zero-order valence-corrected chi connectivity index (χ0v) is 12.4.